The molecule has 0 radical (unpaired) electrons. The first-order valence-electron chi connectivity index (χ1n) is 8.01. The lowest BCUT2D eigenvalue weighted by Crippen LogP contribution is -2.24. The molecule has 0 bridgehead atoms. The van der Waals surface area contributed by atoms with E-state index in [0.29, 0.717) is 5.75 Å². The predicted molar refractivity (Wildman–Crippen MR) is 98.8 cm³/mol. The molecule has 22 heavy (non-hydrogen) atoms. The molecule has 0 spiro atoms. The van der Waals surface area contributed by atoms with Crippen molar-refractivity contribution in [3.8, 4) is 5.75 Å². The topological polar surface area (TPSA) is 32.3 Å². The van der Waals surface area contributed by atoms with E-state index in [-0.39, 0.29) is 10.8 Å². The van der Waals surface area contributed by atoms with E-state index in [0.717, 1.165) is 30.0 Å². The van der Waals surface area contributed by atoms with E-state index >= 15 is 0 Å². The standard InChI is InChI=1S/C19H29NOS/c1-18(2,3)15-10-13(9-14-12-20-7-8-22-14)11-16(17(15)21)19(4,5)6/h9-11,20-21H,7-8,12H2,1-6H3. The smallest absolute Gasteiger partial charge is 0.123 e. The van der Waals surface area contributed by atoms with Gasteiger partial charge in [0.25, 0.3) is 0 Å². The molecule has 0 atom stereocenters. The molecule has 0 aromatic heterocycles. The van der Waals surface area contributed by atoms with E-state index in [4.69, 9.17) is 0 Å². The van der Waals surface area contributed by atoms with Crippen LogP contribution in [0.1, 0.15) is 58.2 Å². The molecule has 0 unspecified atom stereocenters. The Morgan fingerprint density at radius 1 is 1.05 bits per heavy atom. The van der Waals surface area contributed by atoms with E-state index in [9.17, 15) is 5.11 Å². The van der Waals surface area contributed by atoms with Crippen LogP contribution in [0.2, 0.25) is 0 Å². The Morgan fingerprint density at radius 2 is 1.59 bits per heavy atom. The van der Waals surface area contributed by atoms with Crippen LogP contribution in [0.5, 0.6) is 5.75 Å². The van der Waals surface area contributed by atoms with Crippen LogP contribution in [0.15, 0.2) is 17.0 Å². The van der Waals surface area contributed by atoms with Gasteiger partial charge in [0.05, 0.1) is 0 Å². The van der Waals surface area contributed by atoms with Crippen molar-refractivity contribution in [2.24, 2.45) is 0 Å². The summed E-state index contributed by atoms with van der Waals surface area (Å²) >= 11 is 1.93. The second-order valence-electron chi connectivity index (χ2n) is 8.10. The summed E-state index contributed by atoms with van der Waals surface area (Å²) in [6.07, 6.45) is 2.26. The third-order valence-corrected chi connectivity index (χ3v) is 4.98. The Labute approximate surface area is 139 Å². The first-order valence-corrected chi connectivity index (χ1v) is 8.99. The minimum atomic E-state index is -0.0729. The molecule has 2 rings (SSSR count). The van der Waals surface area contributed by atoms with Crippen LogP contribution in [0.25, 0.3) is 6.08 Å². The van der Waals surface area contributed by atoms with Crippen molar-refractivity contribution in [1.82, 2.24) is 5.32 Å². The molecule has 3 heteroatoms. The minimum Gasteiger partial charge on any atom is -0.507 e. The summed E-state index contributed by atoms with van der Waals surface area (Å²) in [5.41, 5.74) is 3.10. The van der Waals surface area contributed by atoms with Crippen LogP contribution in [0.4, 0.5) is 0 Å². The maximum atomic E-state index is 10.8. The molecule has 2 N–H and O–H groups in total. The lowest BCUT2D eigenvalue weighted by Gasteiger charge is -2.28. The summed E-state index contributed by atoms with van der Waals surface area (Å²) in [6.45, 7) is 15.0. The molecule has 1 aliphatic rings. The van der Waals surface area contributed by atoms with Gasteiger partial charge in [-0.1, -0.05) is 41.5 Å². The molecule has 1 fully saturated rings. The predicted octanol–water partition coefficient (Wildman–Crippen LogP) is 4.66. The zero-order chi connectivity index (χ0) is 16.5. The molecule has 1 heterocycles. The number of nitrogens with one attached hydrogen (secondary N) is 1. The molecule has 122 valence electrons. The first-order chi connectivity index (χ1) is 10.1. The van der Waals surface area contributed by atoms with Crippen LogP contribution in [0, 0.1) is 0 Å². The summed E-state index contributed by atoms with van der Waals surface area (Å²) in [7, 11) is 0. The van der Waals surface area contributed by atoms with Gasteiger partial charge in [-0.05, 0) is 39.5 Å². The summed E-state index contributed by atoms with van der Waals surface area (Å²) < 4.78 is 0. The zero-order valence-electron chi connectivity index (χ0n) is 14.7. The molecular weight excluding hydrogens is 290 g/mol. The summed E-state index contributed by atoms with van der Waals surface area (Å²) in [5.74, 6) is 1.58. The van der Waals surface area contributed by atoms with Gasteiger partial charge in [-0.15, -0.1) is 11.8 Å². The van der Waals surface area contributed by atoms with Gasteiger partial charge in [0.2, 0.25) is 0 Å². The third-order valence-electron chi connectivity index (χ3n) is 3.94. The number of hydrogen-bond acceptors (Lipinski definition) is 3. The quantitative estimate of drug-likeness (QED) is 0.789. The number of thioether (sulfide) groups is 1. The highest BCUT2D eigenvalue weighted by Gasteiger charge is 2.26. The summed E-state index contributed by atoms with van der Waals surface area (Å²) in [4.78, 5) is 1.37. The van der Waals surface area contributed by atoms with Crippen LogP contribution >= 0.6 is 11.8 Å². The molecule has 1 aromatic rings. The highest BCUT2D eigenvalue weighted by atomic mass is 32.2. The second kappa shape index (κ2) is 6.29. The molecule has 0 saturated carbocycles. The van der Waals surface area contributed by atoms with Crippen molar-refractivity contribution in [2.45, 2.75) is 52.4 Å². The van der Waals surface area contributed by atoms with Crippen LogP contribution < -0.4 is 5.32 Å². The third kappa shape index (κ3) is 4.08. The average Bonchev–Trinajstić information content (AvgIpc) is 2.39. The first kappa shape index (κ1) is 17.4. The zero-order valence-corrected chi connectivity index (χ0v) is 15.5. The van der Waals surface area contributed by atoms with Crippen LogP contribution in [0.3, 0.4) is 0 Å². The SMILES string of the molecule is CC(C)(C)c1cc(C=C2CNCCS2)cc(C(C)(C)C)c1O. The lowest BCUT2D eigenvalue weighted by atomic mass is 9.78. The largest absolute Gasteiger partial charge is 0.507 e. The normalized spacial score (nSPS) is 18.7. The van der Waals surface area contributed by atoms with E-state index in [1.165, 1.54) is 10.5 Å². The monoisotopic (exact) mass is 319 g/mol. The maximum absolute atomic E-state index is 10.8. The van der Waals surface area contributed by atoms with Crippen LogP contribution in [-0.2, 0) is 10.8 Å². The fourth-order valence-electron chi connectivity index (χ4n) is 2.68. The number of rotatable bonds is 1. The Bertz CT molecular complexity index is 533. The van der Waals surface area contributed by atoms with Crippen molar-refractivity contribution in [3.63, 3.8) is 0 Å². The maximum Gasteiger partial charge on any atom is 0.123 e. The highest BCUT2D eigenvalue weighted by molar-refractivity contribution is 8.03. The van der Waals surface area contributed by atoms with E-state index in [1.807, 2.05) is 11.8 Å². The molecular formula is C19H29NOS. The second-order valence-corrected chi connectivity index (χ2v) is 9.32. The van der Waals surface area contributed by atoms with Gasteiger partial charge in [-0.2, -0.15) is 0 Å². The molecule has 1 aliphatic heterocycles. The van der Waals surface area contributed by atoms with Gasteiger partial charge in [0, 0.05) is 30.0 Å². The number of phenolic OH excluding ortho intramolecular Hbond substituents is 1. The Hall–Kier alpha value is -0.930. The van der Waals surface area contributed by atoms with Crippen LogP contribution in [-0.4, -0.2) is 23.9 Å². The Balaban J connectivity index is 2.55. The van der Waals surface area contributed by atoms with Crippen molar-refractivity contribution < 1.29 is 5.11 Å². The van der Waals surface area contributed by atoms with Crippen molar-refractivity contribution in [3.05, 3.63) is 33.7 Å². The molecule has 1 aromatic carbocycles. The number of phenols is 1. The van der Waals surface area contributed by atoms with Gasteiger partial charge in [-0.3, -0.25) is 0 Å². The van der Waals surface area contributed by atoms with Crippen molar-refractivity contribution >= 4 is 17.8 Å². The number of benzene rings is 1. The highest BCUT2D eigenvalue weighted by Crippen LogP contribution is 2.40. The summed E-state index contributed by atoms with van der Waals surface area (Å²) in [5, 5.41) is 14.2. The van der Waals surface area contributed by atoms with Crippen molar-refractivity contribution in [1.29, 1.82) is 0 Å². The number of hydrogen-bond donors (Lipinski definition) is 2. The van der Waals surface area contributed by atoms with Gasteiger partial charge < -0.3 is 10.4 Å². The molecule has 0 aliphatic carbocycles. The minimum absolute atomic E-state index is 0.0729. The average molecular weight is 320 g/mol. The summed E-state index contributed by atoms with van der Waals surface area (Å²) in [6, 6.07) is 4.29. The fourth-order valence-corrected chi connectivity index (χ4v) is 3.61. The Morgan fingerprint density at radius 3 is 2.00 bits per heavy atom. The van der Waals surface area contributed by atoms with E-state index < -0.39 is 0 Å². The van der Waals surface area contributed by atoms with Crippen molar-refractivity contribution in [2.75, 3.05) is 18.8 Å². The fraction of sp³-hybridized carbons (Fsp3) is 0.579. The molecule has 1 saturated heterocycles. The molecule has 0 amide bonds. The molecule has 2 nitrogen and oxygen atoms in total. The van der Waals surface area contributed by atoms with Gasteiger partial charge >= 0.3 is 0 Å². The van der Waals surface area contributed by atoms with Gasteiger partial charge in [-0.25, -0.2) is 0 Å². The lowest BCUT2D eigenvalue weighted by molar-refractivity contribution is 0.423. The van der Waals surface area contributed by atoms with E-state index in [2.05, 4.69) is 65.1 Å². The van der Waals surface area contributed by atoms with Gasteiger partial charge in [0.15, 0.2) is 0 Å². The number of aromatic hydroxyl groups is 1. The Kier molecular flexibility index (Phi) is 4.98. The van der Waals surface area contributed by atoms with E-state index in [1.54, 1.807) is 0 Å². The van der Waals surface area contributed by atoms with Gasteiger partial charge in [0.1, 0.15) is 5.75 Å².